The van der Waals surface area contributed by atoms with Crippen LogP contribution in [0.4, 0.5) is 13.2 Å². The Labute approximate surface area is 112 Å². The monoisotopic (exact) mass is 285 g/mol. The number of aromatic nitrogens is 3. The molecular formula is C12H10F3N3O2. The molecule has 0 radical (unpaired) electrons. The van der Waals surface area contributed by atoms with Gasteiger partial charge >= 0.3 is 12.1 Å². The van der Waals surface area contributed by atoms with Crippen LogP contribution < -0.4 is 0 Å². The molecule has 8 heteroatoms. The second-order valence-corrected chi connectivity index (χ2v) is 3.75. The Balaban J connectivity index is 2.57. The molecule has 2 aromatic rings. The highest BCUT2D eigenvalue weighted by Gasteiger charge is 2.41. The maximum absolute atomic E-state index is 13.1. The molecule has 0 fully saturated rings. The fraction of sp³-hybridized carbons (Fsp3) is 0.250. The van der Waals surface area contributed by atoms with Gasteiger partial charge in [0.05, 0.1) is 24.7 Å². The van der Waals surface area contributed by atoms with Crippen LogP contribution in [-0.2, 0) is 10.9 Å². The van der Waals surface area contributed by atoms with Gasteiger partial charge in [0.25, 0.3) is 0 Å². The van der Waals surface area contributed by atoms with Crippen LogP contribution in [0.2, 0.25) is 0 Å². The van der Waals surface area contributed by atoms with Crippen molar-refractivity contribution in [3.63, 3.8) is 0 Å². The van der Waals surface area contributed by atoms with Crippen molar-refractivity contribution in [1.29, 1.82) is 0 Å². The molecule has 0 saturated heterocycles. The maximum atomic E-state index is 13.1. The minimum Gasteiger partial charge on any atom is -0.462 e. The summed E-state index contributed by atoms with van der Waals surface area (Å²) in [5, 5.41) is 3.61. The van der Waals surface area contributed by atoms with Gasteiger partial charge in [-0.3, -0.25) is 4.98 Å². The van der Waals surface area contributed by atoms with E-state index in [4.69, 9.17) is 0 Å². The van der Waals surface area contributed by atoms with Crippen LogP contribution in [0.15, 0.2) is 30.7 Å². The second kappa shape index (κ2) is 5.32. The molecule has 0 saturated carbocycles. The highest BCUT2D eigenvalue weighted by Crippen LogP contribution is 2.33. The summed E-state index contributed by atoms with van der Waals surface area (Å²) in [5.41, 5.74) is -1.69. The first-order valence-corrected chi connectivity index (χ1v) is 5.68. The van der Waals surface area contributed by atoms with Crippen molar-refractivity contribution in [3.05, 3.63) is 42.0 Å². The Morgan fingerprint density at radius 1 is 1.40 bits per heavy atom. The molecule has 0 aromatic carbocycles. The van der Waals surface area contributed by atoms with Crippen molar-refractivity contribution in [2.24, 2.45) is 0 Å². The summed E-state index contributed by atoms with van der Waals surface area (Å²) >= 11 is 0. The number of nitrogens with zero attached hydrogens (tertiary/aromatic N) is 3. The number of halogens is 3. The predicted molar refractivity (Wildman–Crippen MR) is 62.3 cm³/mol. The molecule has 5 nitrogen and oxygen atoms in total. The van der Waals surface area contributed by atoms with Crippen LogP contribution in [0.3, 0.4) is 0 Å². The van der Waals surface area contributed by atoms with Crippen molar-refractivity contribution in [2.45, 2.75) is 13.1 Å². The number of hydrogen-bond acceptors (Lipinski definition) is 4. The van der Waals surface area contributed by atoms with Gasteiger partial charge in [-0.05, 0) is 19.1 Å². The third-order valence-corrected chi connectivity index (χ3v) is 2.42. The standard InChI is InChI=1S/C12H10F3N3O2/c1-2-20-11(19)9-7-17-18(10(9)12(13,14)15)8-4-3-5-16-6-8/h3-7H,2H2,1H3. The van der Waals surface area contributed by atoms with Crippen LogP contribution in [0, 0.1) is 0 Å². The third-order valence-electron chi connectivity index (χ3n) is 2.42. The van der Waals surface area contributed by atoms with Gasteiger partial charge in [0, 0.05) is 6.20 Å². The lowest BCUT2D eigenvalue weighted by molar-refractivity contribution is -0.143. The molecule has 0 atom stereocenters. The van der Waals surface area contributed by atoms with E-state index in [1.807, 2.05) is 0 Å². The van der Waals surface area contributed by atoms with Crippen molar-refractivity contribution in [1.82, 2.24) is 14.8 Å². The lowest BCUT2D eigenvalue weighted by Crippen LogP contribution is -2.18. The van der Waals surface area contributed by atoms with E-state index in [2.05, 4.69) is 14.8 Å². The number of esters is 1. The van der Waals surface area contributed by atoms with E-state index >= 15 is 0 Å². The number of alkyl halides is 3. The minimum atomic E-state index is -4.74. The lowest BCUT2D eigenvalue weighted by Gasteiger charge is -2.11. The van der Waals surface area contributed by atoms with Gasteiger partial charge in [0.15, 0.2) is 5.69 Å². The van der Waals surface area contributed by atoms with E-state index in [0.29, 0.717) is 4.68 Å². The van der Waals surface area contributed by atoms with Gasteiger partial charge in [-0.2, -0.15) is 18.3 Å². The molecule has 0 aliphatic heterocycles. The van der Waals surface area contributed by atoms with E-state index in [1.54, 1.807) is 0 Å². The van der Waals surface area contributed by atoms with Crippen LogP contribution in [0.5, 0.6) is 0 Å². The lowest BCUT2D eigenvalue weighted by atomic mass is 10.2. The van der Waals surface area contributed by atoms with Gasteiger partial charge < -0.3 is 4.74 Å². The van der Waals surface area contributed by atoms with Gasteiger partial charge in [-0.1, -0.05) is 0 Å². The molecule has 0 amide bonds. The van der Waals surface area contributed by atoms with E-state index in [1.165, 1.54) is 31.5 Å². The van der Waals surface area contributed by atoms with Crippen LogP contribution >= 0.6 is 0 Å². The largest absolute Gasteiger partial charge is 0.462 e. The van der Waals surface area contributed by atoms with Crippen LogP contribution in [0.1, 0.15) is 23.0 Å². The molecule has 0 aliphatic carbocycles. The van der Waals surface area contributed by atoms with Crippen LogP contribution in [-0.4, -0.2) is 27.3 Å². The molecule has 0 aliphatic rings. The van der Waals surface area contributed by atoms with E-state index in [9.17, 15) is 18.0 Å². The Morgan fingerprint density at radius 3 is 2.70 bits per heavy atom. The number of hydrogen-bond donors (Lipinski definition) is 0. The molecule has 0 spiro atoms. The van der Waals surface area contributed by atoms with E-state index in [0.717, 1.165) is 6.20 Å². The molecule has 0 unspecified atom stereocenters. The summed E-state index contributed by atoms with van der Waals surface area (Å²) < 4.78 is 44.6. The predicted octanol–water partition coefficient (Wildman–Crippen LogP) is 2.46. The zero-order valence-electron chi connectivity index (χ0n) is 10.4. The van der Waals surface area contributed by atoms with Gasteiger partial charge in [0.2, 0.25) is 0 Å². The highest BCUT2D eigenvalue weighted by molar-refractivity contribution is 5.90. The van der Waals surface area contributed by atoms with Gasteiger partial charge in [0.1, 0.15) is 5.56 Å². The first-order valence-electron chi connectivity index (χ1n) is 5.68. The smallest absolute Gasteiger partial charge is 0.434 e. The van der Waals surface area contributed by atoms with Crippen molar-refractivity contribution >= 4 is 5.97 Å². The summed E-state index contributed by atoms with van der Waals surface area (Å²) in [6.45, 7) is 1.49. The summed E-state index contributed by atoms with van der Waals surface area (Å²) in [7, 11) is 0. The molecule has 106 valence electrons. The first kappa shape index (κ1) is 14.0. The van der Waals surface area contributed by atoms with Crippen molar-refractivity contribution in [3.8, 4) is 5.69 Å². The number of rotatable bonds is 3. The van der Waals surface area contributed by atoms with Crippen LogP contribution in [0.25, 0.3) is 5.69 Å². The molecule has 0 bridgehead atoms. The third kappa shape index (κ3) is 2.63. The van der Waals surface area contributed by atoms with E-state index < -0.39 is 23.4 Å². The molecule has 2 heterocycles. The highest BCUT2D eigenvalue weighted by atomic mass is 19.4. The minimum absolute atomic E-state index is 0.0196. The Bertz CT molecular complexity index is 608. The molecular weight excluding hydrogens is 275 g/mol. The Morgan fingerprint density at radius 2 is 2.15 bits per heavy atom. The van der Waals surface area contributed by atoms with Gasteiger partial charge in [-0.25, -0.2) is 9.48 Å². The fourth-order valence-corrected chi connectivity index (χ4v) is 1.65. The quantitative estimate of drug-likeness (QED) is 0.813. The zero-order valence-corrected chi connectivity index (χ0v) is 10.4. The second-order valence-electron chi connectivity index (χ2n) is 3.75. The topological polar surface area (TPSA) is 57.0 Å². The Hall–Kier alpha value is -2.38. The van der Waals surface area contributed by atoms with Crippen molar-refractivity contribution in [2.75, 3.05) is 6.61 Å². The van der Waals surface area contributed by atoms with E-state index in [-0.39, 0.29) is 12.3 Å². The molecule has 20 heavy (non-hydrogen) atoms. The maximum Gasteiger partial charge on any atom is 0.434 e. The first-order chi connectivity index (χ1) is 9.45. The summed E-state index contributed by atoms with van der Waals surface area (Å²) in [5.74, 6) is -1.06. The van der Waals surface area contributed by atoms with Gasteiger partial charge in [-0.15, -0.1) is 0 Å². The number of carbonyl (C=O) groups is 1. The summed E-state index contributed by atoms with van der Waals surface area (Å²) in [6.07, 6.45) is -1.26. The number of pyridine rings is 1. The summed E-state index contributed by atoms with van der Waals surface area (Å²) in [6, 6.07) is 2.88. The molecule has 2 rings (SSSR count). The normalized spacial score (nSPS) is 11.4. The number of ether oxygens (including phenoxy) is 1. The average Bonchev–Trinajstić information content (AvgIpc) is 2.84. The molecule has 0 N–H and O–H groups in total. The molecule has 2 aromatic heterocycles. The average molecular weight is 285 g/mol. The zero-order chi connectivity index (χ0) is 14.8. The summed E-state index contributed by atoms with van der Waals surface area (Å²) in [4.78, 5) is 15.3. The SMILES string of the molecule is CCOC(=O)c1cnn(-c2cccnc2)c1C(F)(F)F. The van der Waals surface area contributed by atoms with Crippen molar-refractivity contribution < 1.29 is 22.7 Å². The number of carbonyl (C=O) groups excluding carboxylic acids is 1. The Kier molecular flexibility index (Phi) is 3.73. The fourth-order valence-electron chi connectivity index (χ4n) is 1.65.